The van der Waals surface area contributed by atoms with E-state index in [1.54, 1.807) is 19.9 Å². The first-order valence-electron chi connectivity index (χ1n) is 23.3. The van der Waals surface area contributed by atoms with E-state index in [-0.39, 0.29) is 46.5 Å². The van der Waals surface area contributed by atoms with Crippen LogP contribution < -0.4 is 24.8 Å². The minimum absolute atomic E-state index is 0. The molecule has 0 spiro atoms. The Morgan fingerprint density at radius 2 is 0.869 bits per heavy atom. The van der Waals surface area contributed by atoms with Crippen molar-refractivity contribution in [3.05, 3.63) is 150 Å². The van der Waals surface area contributed by atoms with Crippen LogP contribution >= 0.6 is 0 Å². The fraction of sp³-hybridized carbons (Fsp3) is 0.500. The average molecular weight is 931 g/mol. The number of fused-ring (bicyclic) bond motifs is 3. The van der Waals surface area contributed by atoms with E-state index in [0.29, 0.717) is 9.54 Å². The fourth-order valence-electron chi connectivity index (χ4n) is 12.4. The van der Waals surface area contributed by atoms with E-state index in [9.17, 15) is 0 Å². The van der Waals surface area contributed by atoms with Gasteiger partial charge in [0.2, 0.25) is 0 Å². The number of benzene rings is 4. The second-order valence-electron chi connectivity index (χ2n) is 24.0. The Hall–Kier alpha value is -2.31. The summed E-state index contributed by atoms with van der Waals surface area (Å²) < 4.78 is 3.88. The van der Waals surface area contributed by atoms with Crippen molar-refractivity contribution >= 4 is 3.21 Å². The third-order valence-corrected chi connectivity index (χ3v) is 24.3. The Kier molecular flexibility index (Phi) is 12.7. The molecule has 4 aromatic carbocycles. The van der Waals surface area contributed by atoms with Crippen molar-refractivity contribution in [1.29, 1.82) is 0 Å². The van der Waals surface area contributed by atoms with E-state index in [1.807, 2.05) is 3.28 Å². The van der Waals surface area contributed by atoms with Gasteiger partial charge in [-0.15, -0.1) is 0 Å². The Balaban J connectivity index is 0.00000281. The van der Waals surface area contributed by atoms with E-state index < -0.39 is 21.3 Å². The van der Waals surface area contributed by atoms with Gasteiger partial charge in [0.05, 0.1) is 0 Å². The van der Waals surface area contributed by atoms with Crippen LogP contribution in [0.1, 0.15) is 170 Å². The molecule has 4 saturated carbocycles. The number of halogens is 2. The smallest absolute Gasteiger partial charge is 1.00 e. The second-order valence-corrected chi connectivity index (χ2v) is 30.1. The van der Waals surface area contributed by atoms with Crippen LogP contribution in [-0.2, 0) is 42.9 Å². The molecule has 1 atom stereocenters. The van der Waals surface area contributed by atoms with Crippen LogP contribution in [0.2, 0.25) is 0 Å². The number of hydrogen-bond acceptors (Lipinski definition) is 0. The maximum Gasteiger partial charge on any atom is -1.00 e. The van der Waals surface area contributed by atoms with Crippen LogP contribution in [0, 0.1) is 35.5 Å². The van der Waals surface area contributed by atoms with Gasteiger partial charge < -0.3 is 24.8 Å². The summed E-state index contributed by atoms with van der Waals surface area (Å²) in [6.45, 7) is 31.1. The average Bonchev–Trinajstić information content (AvgIpc) is 3.68. The van der Waals surface area contributed by atoms with Crippen molar-refractivity contribution in [2.24, 2.45) is 35.5 Å². The van der Waals surface area contributed by atoms with Crippen LogP contribution in [-0.4, -0.2) is 3.21 Å². The molecule has 0 amide bonds. The Bertz CT molecular complexity index is 2230. The molecule has 10 rings (SSSR count). The third-order valence-electron chi connectivity index (χ3n) is 15.6. The molecule has 0 saturated heterocycles. The molecule has 0 N–H and O–H groups in total. The summed E-state index contributed by atoms with van der Waals surface area (Å²) in [5, 5.41) is 0. The van der Waals surface area contributed by atoms with Gasteiger partial charge in [-0.3, -0.25) is 0 Å². The molecule has 322 valence electrons. The minimum atomic E-state index is -3.05. The molecule has 61 heavy (non-hydrogen) atoms. The number of hydrogen-bond donors (Lipinski definition) is 0. The molecule has 0 aromatic heterocycles. The normalized spacial score (nSPS) is 24.2. The van der Waals surface area contributed by atoms with Crippen molar-refractivity contribution in [2.45, 2.75) is 147 Å². The summed E-state index contributed by atoms with van der Waals surface area (Å²) in [7, 11) is 0. The zero-order valence-electron chi connectivity index (χ0n) is 39.6. The topological polar surface area (TPSA) is 0 Å². The van der Waals surface area contributed by atoms with Crippen molar-refractivity contribution in [1.82, 2.24) is 0 Å². The second kappa shape index (κ2) is 16.6. The quantitative estimate of drug-likeness (QED) is 0.187. The van der Waals surface area contributed by atoms with Crippen LogP contribution in [0.25, 0.3) is 11.1 Å². The van der Waals surface area contributed by atoms with E-state index in [2.05, 4.69) is 187 Å². The van der Waals surface area contributed by atoms with Crippen molar-refractivity contribution in [3.8, 4) is 11.1 Å². The molecule has 0 nitrogen and oxygen atoms in total. The molecule has 0 heterocycles. The zero-order chi connectivity index (χ0) is 42.0. The van der Waals surface area contributed by atoms with Crippen molar-refractivity contribution in [2.75, 3.05) is 0 Å². The summed E-state index contributed by atoms with van der Waals surface area (Å²) in [5.41, 5.74) is 16.8. The molecule has 0 radical (unpaired) electrons. The molecule has 1 unspecified atom stereocenters. The van der Waals surface area contributed by atoms with Gasteiger partial charge in [-0.05, 0) is 0 Å². The molecule has 4 fully saturated rings. The van der Waals surface area contributed by atoms with Gasteiger partial charge in [-0.25, -0.2) is 0 Å². The SMILES string of the molecule is CC1C=C(C2C3CC4CC(C3)CC2C4)C=[C]1[Zr+2](=[C](c1ccc(C(C)(C)C)cc1)c1ccc(C(C)(C)C)cc1)[CH]1c2cc(C(C)(C)C)ccc2-c2ccc(C(C)(C)C)cc21.[Cl-].[Cl-]. The van der Waals surface area contributed by atoms with Crippen LogP contribution in [0.5, 0.6) is 0 Å². The predicted molar refractivity (Wildman–Crippen MR) is 250 cm³/mol. The third kappa shape index (κ3) is 8.67. The van der Waals surface area contributed by atoms with E-state index in [1.165, 1.54) is 76.6 Å². The first kappa shape index (κ1) is 46.7. The predicted octanol–water partition coefficient (Wildman–Crippen LogP) is 9.37. The summed E-state index contributed by atoms with van der Waals surface area (Å²) in [4.78, 5) is 0. The molecular weight excluding hydrogens is 859 g/mol. The first-order valence-corrected chi connectivity index (χ1v) is 27.2. The number of rotatable bonds is 5. The molecule has 3 heteroatoms. The maximum absolute atomic E-state index is 3.05. The van der Waals surface area contributed by atoms with Gasteiger partial charge in [0, 0.05) is 0 Å². The minimum Gasteiger partial charge on any atom is -1.00 e. The van der Waals surface area contributed by atoms with Gasteiger partial charge in [-0.2, -0.15) is 0 Å². The molecule has 0 aliphatic heterocycles. The first-order chi connectivity index (χ1) is 27.6. The summed E-state index contributed by atoms with van der Waals surface area (Å²) in [6.07, 6.45) is 13.1. The monoisotopic (exact) mass is 928 g/mol. The van der Waals surface area contributed by atoms with E-state index >= 15 is 0 Å². The van der Waals surface area contributed by atoms with Gasteiger partial charge in [0.25, 0.3) is 0 Å². The van der Waals surface area contributed by atoms with E-state index in [0.717, 1.165) is 29.6 Å². The van der Waals surface area contributed by atoms with Crippen LogP contribution in [0.3, 0.4) is 0 Å². The fourth-order valence-corrected chi connectivity index (χ4v) is 21.9. The van der Waals surface area contributed by atoms with Crippen molar-refractivity contribution in [3.63, 3.8) is 0 Å². The Morgan fingerprint density at radius 1 is 0.492 bits per heavy atom. The molecule has 6 aliphatic carbocycles. The largest absolute Gasteiger partial charge is 1.00 e. The van der Waals surface area contributed by atoms with Crippen LogP contribution in [0.4, 0.5) is 0 Å². The van der Waals surface area contributed by atoms with Crippen LogP contribution in [0.15, 0.2) is 106 Å². The summed E-state index contributed by atoms with van der Waals surface area (Å²) >= 11 is -3.05. The van der Waals surface area contributed by atoms with Gasteiger partial charge in [-0.1, -0.05) is 0 Å². The van der Waals surface area contributed by atoms with Crippen molar-refractivity contribution < 1.29 is 46.1 Å². The maximum atomic E-state index is 2.89. The van der Waals surface area contributed by atoms with Gasteiger partial charge in [0.15, 0.2) is 0 Å². The summed E-state index contributed by atoms with van der Waals surface area (Å²) in [5.74, 6) is 4.99. The molecule has 4 aromatic rings. The molecular formula is C58H72Cl2Zr. The zero-order valence-corrected chi connectivity index (χ0v) is 43.5. The van der Waals surface area contributed by atoms with E-state index in [4.69, 9.17) is 0 Å². The molecule has 4 bridgehead atoms. The standard InChI is InChI=1S/C21H25.C21H26.C16H21.2ClH.Zr/c1-20(2,3)16-7-9-18-14(12-16)11-15-13-17(21(4,5)6)8-10-19(15)18;1-20(2,3)18-11-7-16(8-12-18)15-17-9-13-19(14-10-17)21(4,5)6;1-10-2-3-13(4-10)16-14-6-11-5-12(8-14)9-15(16)7-11;;;/h7-13H,1-6H3;7-14H,1-6H3;3-4,10-12,14-16H,5-9H2,1H3;2*1H;/q;;;;;+2/p-2. The summed E-state index contributed by atoms with van der Waals surface area (Å²) in [6, 6.07) is 35.1. The Morgan fingerprint density at radius 3 is 1.25 bits per heavy atom. The van der Waals surface area contributed by atoms with Gasteiger partial charge in [0.1, 0.15) is 0 Å². The Labute approximate surface area is 390 Å². The number of allylic oxidation sites excluding steroid dienone is 4. The van der Waals surface area contributed by atoms with Gasteiger partial charge >= 0.3 is 369 Å². The molecule has 6 aliphatic rings.